The van der Waals surface area contributed by atoms with E-state index in [9.17, 15) is 4.79 Å². The van der Waals surface area contributed by atoms with Gasteiger partial charge in [0, 0.05) is 17.6 Å². The van der Waals surface area contributed by atoms with E-state index in [1.807, 2.05) is 6.92 Å². The zero-order valence-corrected chi connectivity index (χ0v) is 15.4. The van der Waals surface area contributed by atoms with Crippen LogP contribution in [0.1, 0.15) is 17.3 Å². The summed E-state index contributed by atoms with van der Waals surface area (Å²) >= 11 is 5.83. The second-order valence-corrected chi connectivity index (χ2v) is 5.76. The molecule has 134 valence electrons. The molecule has 0 aliphatic rings. The molecule has 0 aromatic heterocycles. The molecule has 0 saturated heterocycles. The van der Waals surface area contributed by atoms with E-state index in [0.717, 1.165) is 0 Å². The molecule has 5 nitrogen and oxygen atoms in total. The predicted molar refractivity (Wildman–Crippen MR) is 98.1 cm³/mol. The maximum atomic E-state index is 12.5. The molecule has 0 atom stereocenters. The monoisotopic (exact) mass is 363 g/mol. The topological polar surface area (TPSA) is 48.0 Å². The van der Waals surface area contributed by atoms with Crippen LogP contribution in [-0.2, 0) is 0 Å². The van der Waals surface area contributed by atoms with Crippen LogP contribution in [0.5, 0.6) is 17.2 Å². The summed E-state index contributed by atoms with van der Waals surface area (Å²) in [5.74, 6) is 1.77. The van der Waals surface area contributed by atoms with Crippen molar-refractivity contribution >= 4 is 17.5 Å². The van der Waals surface area contributed by atoms with Gasteiger partial charge in [0.05, 0.1) is 20.3 Å². The molecule has 0 aliphatic heterocycles. The van der Waals surface area contributed by atoms with Gasteiger partial charge in [-0.05, 0) is 49.4 Å². The average molecular weight is 364 g/mol. The number of hydrogen-bond donors (Lipinski definition) is 0. The third-order valence-corrected chi connectivity index (χ3v) is 3.82. The largest absolute Gasteiger partial charge is 0.493 e. The highest BCUT2D eigenvalue weighted by atomic mass is 35.5. The molecule has 2 rings (SSSR count). The molecular weight excluding hydrogens is 342 g/mol. The first-order valence-electron chi connectivity index (χ1n) is 7.99. The second-order valence-electron chi connectivity index (χ2n) is 5.33. The second kappa shape index (κ2) is 9.18. The molecule has 25 heavy (non-hydrogen) atoms. The molecule has 0 saturated carbocycles. The Labute approximate surface area is 153 Å². The number of ether oxygens (including phenoxy) is 3. The van der Waals surface area contributed by atoms with Crippen LogP contribution in [0.15, 0.2) is 42.5 Å². The molecule has 0 radical (unpaired) electrons. The summed E-state index contributed by atoms with van der Waals surface area (Å²) in [4.78, 5) is 14.1. The Hall–Kier alpha value is -2.40. The van der Waals surface area contributed by atoms with Crippen LogP contribution >= 0.6 is 11.6 Å². The molecule has 0 aliphatic carbocycles. The quantitative estimate of drug-likeness (QED) is 0.713. The molecule has 2 aromatic rings. The maximum Gasteiger partial charge on any atom is 0.253 e. The van der Waals surface area contributed by atoms with Crippen LogP contribution < -0.4 is 14.2 Å². The first-order valence-corrected chi connectivity index (χ1v) is 8.37. The Morgan fingerprint density at radius 3 is 2.44 bits per heavy atom. The summed E-state index contributed by atoms with van der Waals surface area (Å²) in [6.07, 6.45) is 0. The van der Waals surface area contributed by atoms with Crippen molar-refractivity contribution in [1.29, 1.82) is 0 Å². The molecule has 0 heterocycles. The smallest absolute Gasteiger partial charge is 0.253 e. The van der Waals surface area contributed by atoms with Gasteiger partial charge in [-0.25, -0.2) is 0 Å². The first kappa shape index (κ1) is 18.9. The molecular formula is C19H22ClNO4. The lowest BCUT2D eigenvalue weighted by molar-refractivity contribution is 0.0773. The van der Waals surface area contributed by atoms with Gasteiger partial charge in [-0.3, -0.25) is 4.79 Å². The normalized spacial score (nSPS) is 10.2. The van der Waals surface area contributed by atoms with Gasteiger partial charge in [-0.1, -0.05) is 11.6 Å². The van der Waals surface area contributed by atoms with Crippen LogP contribution in [-0.4, -0.2) is 44.7 Å². The van der Waals surface area contributed by atoms with Gasteiger partial charge in [0.2, 0.25) is 0 Å². The number of carbonyl (C=O) groups excluding carboxylic acids is 1. The fourth-order valence-corrected chi connectivity index (χ4v) is 2.35. The summed E-state index contributed by atoms with van der Waals surface area (Å²) in [7, 11) is 3.28. The van der Waals surface area contributed by atoms with Gasteiger partial charge < -0.3 is 19.1 Å². The van der Waals surface area contributed by atoms with Gasteiger partial charge >= 0.3 is 0 Å². The van der Waals surface area contributed by atoms with Gasteiger partial charge in [0.15, 0.2) is 11.5 Å². The standard InChI is InChI=1S/C19H22ClNO4/c1-4-24-17-10-5-14(13-18(17)23-3)19(22)21(2)11-12-25-16-8-6-15(20)7-9-16/h5-10,13H,4,11-12H2,1-3H3. The number of nitrogens with zero attached hydrogens (tertiary/aromatic N) is 1. The molecule has 1 amide bonds. The van der Waals surface area contributed by atoms with Crippen LogP contribution in [0.25, 0.3) is 0 Å². The van der Waals surface area contributed by atoms with E-state index >= 15 is 0 Å². The molecule has 0 unspecified atom stereocenters. The van der Waals surface area contributed by atoms with Crippen molar-refractivity contribution in [3.63, 3.8) is 0 Å². The van der Waals surface area contributed by atoms with E-state index in [0.29, 0.717) is 47.6 Å². The third kappa shape index (κ3) is 5.29. The van der Waals surface area contributed by atoms with Gasteiger partial charge in [0.1, 0.15) is 12.4 Å². The molecule has 0 fully saturated rings. The number of amides is 1. The predicted octanol–water partition coefficient (Wildman–Crippen LogP) is 3.90. The Bertz CT molecular complexity index is 703. The molecule has 0 N–H and O–H groups in total. The van der Waals surface area contributed by atoms with Gasteiger partial charge in [-0.15, -0.1) is 0 Å². The number of methoxy groups -OCH3 is 1. The number of hydrogen-bond acceptors (Lipinski definition) is 4. The van der Waals surface area contributed by atoms with Crippen molar-refractivity contribution in [1.82, 2.24) is 4.90 Å². The Morgan fingerprint density at radius 1 is 1.08 bits per heavy atom. The Morgan fingerprint density at radius 2 is 1.80 bits per heavy atom. The minimum Gasteiger partial charge on any atom is -0.493 e. The summed E-state index contributed by atoms with van der Waals surface area (Å²) in [5.41, 5.74) is 0.536. The molecule has 2 aromatic carbocycles. The first-order chi connectivity index (χ1) is 12.0. The van der Waals surface area contributed by atoms with E-state index in [2.05, 4.69) is 0 Å². The third-order valence-electron chi connectivity index (χ3n) is 3.57. The number of likely N-dealkylation sites (N-methyl/N-ethyl adjacent to an activating group) is 1. The van der Waals surface area contributed by atoms with Crippen molar-refractivity contribution in [2.75, 3.05) is 33.9 Å². The fourth-order valence-electron chi connectivity index (χ4n) is 2.23. The van der Waals surface area contributed by atoms with Crippen molar-refractivity contribution in [2.45, 2.75) is 6.92 Å². The Kier molecular flexibility index (Phi) is 6.95. The zero-order valence-electron chi connectivity index (χ0n) is 14.6. The summed E-state index contributed by atoms with van der Waals surface area (Å²) < 4.78 is 16.4. The fraction of sp³-hybridized carbons (Fsp3) is 0.316. The number of benzene rings is 2. The number of rotatable bonds is 8. The van der Waals surface area contributed by atoms with Crippen LogP contribution in [0, 0.1) is 0 Å². The van der Waals surface area contributed by atoms with Crippen LogP contribution in [0.3, 0.4) is 0 Å². The highest BCUT2D eigenvalue weighted by molar-refractivity contribution is 6.30. The van der Waals surface area contributed by atoms with Crippen LogP contribution in [0.2, 0.25) is 5.02 Å². The van der Waals surface area contributed by atoms with Crippen molar-refractivity contribution in [3.05, 3.63) is 53.1 Å². The van der Waals surface area contributed by atoms with E-state index in [-0.39, 0.29) is 5.91 Å². The van der Waals surface area contributed by atoms with E-state index in [4.69, 9.17) is 25.8 Å². The zero-order chi connectivity index (χ0) is 18.2. The van der Waals surface area contributed by atoms with Crippen molar-refractivity contribution in [2.24, 2.45) is 0 Å². The van der Waals surface area contributed by atoms with Gasteiger partial charge in [-0.2, -0.15) is 0 Å². The van der Waals surface area contributed by atoms with Crippen LogP contribution in [0.4, 0.5) is 0 Å². The summed E-state index contributed by atoms with van der Waals surface area (Å²) in [6, 6.07) is 12.3. The van der Waals surface area contributed by atoms with E-state index in [1.54, 1.807) is 61.5 Å². The van der Waals surface area contributed by atoms with Gasteiger partial charge in [0.25, 0.3) is 5.91 Å². The molecule has 6 heteroatoms. The Balaban J connectivity index is 1.93. The highest BCUT2D eigenvalue weighted by Crippen LogP contribution is 2.28. The summed E-state index contributed by atoms with van der Waals surface area (Å²) in [6.45, 7) is 3.27. The van der Waals surface area contributed by atoms with Crippen molar-refractivity contribution < 1.29 is 19.0 Å². The van der Waals surface area contributed by atoms with E-state index < -0.39 is 0 Å². The molecule has 0 spiro atoms. The molecule has 0 bridgehead atoms. The lowest BCUT2D eigenvalue weighted by Gasteiger charge is -2.18. The number of halogens is 1. The number of carbonyl (C=O) groups is 1. The lowest BCUT2D eigenvalue weighted by atomic mass is 10.1. The minimum atomic E-state index is -0.110. The maximum absolute atomic E-state index is 12.5. The average Bonchev–Trinajstić information content (AvgIpc) is 2.63. The SMILES string of the molecule is CCOc1ccc(C(=O)N(C)CCOc2ccc(Cl)cc2)cc1OC. The summed E-state index contributed by atoms with van der Waals surface area (Å²) in [5, 5.41) is 0.657. The minimum absolute atomic E-state index is 0.110. The lowest BCUT2D eigenvalue weighted by Crippen LogP contribution is -2.30. The highest BCUT2D eigenvalue weighted by Gasteiger charge is 2.15. The van der Waals surface area contributed by atoms with E-state index in [1.165, 1.54) is 0 Å². The van der Waals surface area contributed by atoms with Crippen molar-refractivity contribution in [3.8, 4) is 17.2 Å².